The molecule has 16 heavy (non-hydrogen) atoms. The lowest BCUT2D eigenvalue weighted by molar-refractivity contribution is -0.142. The van der Waals surface area contributed by atoms with Crippen LogP contribution in [-0.2, 0) is 9.59 Å². The minimum absolute atomic E-state index is 0.00602. The van der Waals surface area contributed by atoms with E-state index in [1.54, 1.807) is 0 Å². The number of hydrogen-bond acceptors (Lipinski definition) is 3. The van der Waals surface area contributed by atoms with E-state index >= 15 is 0 Å². The van der Waals surface area contributed by atoms with Crippen LogP contribution in [0.5, 0.6) is 0 Å². The van der Waals surface area contributed by atoms with Crippen molar-refractivity contribution in [2.24, 2.45) is 17.6 Å². The molecule has 2 atom stereocenters. The number of carboxylic acids is 1. The first-order valence-electron chi connectivity index (χ1n) is 5.54. The Labute approximate surface area is 96.4 Å². The first-order chi connectivity index (χ1) is 7.25. The minimum Gasteiger partial charge on any atom is -0.480 e. The average molecular weight is 230 g/mol. The molecule has 94 valence electrons. The van der Waals surface area contributed by atoms with Crippen molar-refractivity contribution in [3.63, 3.8) is 0 Å². The zero-order valence-corrected chi connectivity index (χ0v) is 10.4. The number of aliphatic carboxylic acids is 1. The molecule has 0 rings (SSSR count). The molecule has 0 aromatic carbocycles. The maximum Gasteiger partial charge on any atom is 0.326 e. The highest BCUT2D eigenvalue weighted by Gasteiger charge is 2.25. The van der Waals surface area contributed by atoms with Crippen molar-refractivity contribution in [1.82, 2.24) is 5.32 Å². The third-order valence-electron chi connectivity index (χ3n) is 2.34. The summed E-state index contributed by atoms with van der Waals surface area (Å²) in [6.45, 7) is 7.46. The van der Waals surface area contributed by atoms with Crippen molar-refractivity contribution in [2.45, 2.75) is 46.2 Å². The van der Waals surface area contributed by atoms with Gasteiger partial charge in [-0.25, -0.2) is 4.79 Å². The van der Waals surface area contributed by atoms with Gasteiger partial charge in [0.15, 0.2) is 0 Å². The molecule has 0 spiro atoms. The van der Waals surface area contributed by atoms with Crippen LogP contribution in [0.4, 0.5) is 0 Å². The van der Waals surface area contributed by atoms with Crippen molar-refractivity contribution in [3.05, 3.63) is 0 Å². The van der Waals surface area contributed by atoms with E-state index in [0.717, 1.165) is 0 Å². The van der Waals surface area contributed by atoms with E-state index in [1.807, 2.05) is 27.7 Å². The van der Waals surface area contributed by atoms with Gasteiger partial charge in [-0.15, -0.1) is 0 Å². The first-order valence-corrected chi connectivity index (χ1v) is 5.54. The summed E-state index contributed by atoms with van der Waals surface area (Å²) >= 11 is 0. The van der Waals surface area contributed by atoms with Gasteiger partial charge in [-0.2, -0.15) is 0 Å². The number of rotatable bonds is 6. The molecule has 0 fully saturated rings. The van der Waals surface area contributed by atoms with Crippen molar-refractivity contribution in [3.8, 4) is 0 Å². The third-order valence-corrected chi connectivity index (χ3v) is 2.34. The fourth-order valence-corrected chi connectivity index (χ4v) is 1.26. The molecule has 0 aliphatic carbocycles. The van der Waals surface area contributed by atoms with Crippen molar-refractivity contribution in [1.29, 1.82) is 0 Å². The summed E-state index contributed by atoms with van der Waals surface area (Å²) in [6, 6.07) is -1.51. The zero-order chi connectivity index (χ0) is 12.9. The monoisotopic (exact) mass is 230 g/mol. The van der Waals surface area contributed by atoms with Crippen LogP contribution >= 0.6 is 0 Å². The van der Waals surface area contributed by atoms with Gasteiger partial charge in [-0.1, -0.05) is 27.7 Å². The summed E-state index contributed by atoms with van der Waals surface area (Å²) in [5.74, 6) is -1.22. The smallest absolute Gasteiger partial charge is 0.326 e. The summed E-state index contributed by atoms with van der Waals surface area (Å²) in [5, 5.41) is 11.4. The number of nitrogens with two attached hydrogens (primary N) is 1. The summed E-state index contributed by atoms with van der Waals surface area (Å²) in [6.07, 6.45) is 0.409. The van der Waals surface area contributed by atoms with Crippen LogP contribution in [0.2, 0.25) is 0 Å². The summed E-state index contributed by atoms with van der Waals surface area (Å²) < 4.78 is 0. The van der Waals surface area contributed by atoms with Gasteiger partial charge in [0.25, 0.3) is 0 Å². The second kappa shape index (κ2) is 6.48. The zero-order valence-electron chi connectivity index (χ0n) is 10.4. The predicted molar refractivity (Wildman–Crippen MR) is 61.8 cm³/mol. The number of nitrogens with one attached hydrogen (secondary N) is 1. The molecule has 0 saturated carbocycles. The Balaban J connectivity index is 4.40. The van der Waals surface area contributed by atoms with Crippen molar-refractivity contribution in [2.75, 3.05) is 0 Å². The molecule has 0 aromatic rings. The molecule has 0 saturated heterocycles. The van der Waals surface area contributed by atoms with Crippen LogP contribution in [0.3, 0.4) is 0 Å². The molecular formula is C11H22N2O3. The highest BCUT2D eigenvalue weighted by molar-refractivity contribution is 5.86. The van der Waals surface area contributed by atoms with Crippen LogP contribution in [0.25, 0.3) is 0 Å². The van der Waals surface area contributed by atoms with E-state index in [1.165, 1.54) is 0 Å². The lowest BCUT2D eigenvalue weighted by Crippen LogP contribution is -2.50. The number of carboxylic acid groups (broad SMARTS) is 1. The highest BCUT2D eigenvalue weighted by Crippen LogP contribution is 2.06. The standard InChI is InChI=1S/C11H22N2O3/c1-6(2)5-8(11(15)16)13-10(14)9(12)7(3)4/h6-9H,5,12H2,1-4H3,(H,13,14)(H,15,16)/t8-,9-/m0/s1. The molecule has 0 aliphatic rings. The van der Waals surface area contributed by atoms with Crippen LogP contribution < -0.4 is 11.1 Å². The Morgan fingerprint density at radius 3 is 2.06 bits per heavy atom. The van der Waals surface area contributed by atoms with E-state index in [9.17, 15) is 9.59 Å². The molecule has 0 radical (unpaired) electrons. The molecule has 0 unspecified atom stereocenters. The Hall–Kier alpha value is -1.10. The van der Waals surface area contributed by atoms with E-state index < -0.39 is 24.0 Å². The summed E-state index contributed by atoms with van der Waals surface area (Å²) in [5.41, 5.74) is 5.63. The van der Waals surface area contributed by atoms with Gasteiger partial charge >= 0.3 is 5.97 Å². The van der Waals surface area contributed by atoms with E-state index in [2.05, 4.69) is 5.32 Å². The quantitative estimate of drug-likeness (QED) is 0.622. The molecule has 0 aromatic heterocycles. The Morgan fingerprint density at radius 2 is 1.75 bits per heavy atom. The minimum atomic E-state index is -1.02. The Bertz CT molecular complexity index is 252. The molecule has 0 heterocycles. The second-order valence-corrected chi connectivity index (χ2v) is 4.80. The van der Waals surface area contributed by atoms with Gasteiger partial charge in [0.05, 0.1) is 6.04 Å². The summed E-state index contributed by atoms with van der Waals surface area (Å²) in [7, 11) is 0. The maximum atomic E-state index is 11.6. The van der Waals surface area contributed by atoms with Gasteiger partial charge in [-0.05, 0) is 18.3 Å². The van der Waals surface area contributed by atoms with Gasteiger partial charge in [-0.3, -0.25) is 4.79 Å². The average Bonchev–Trinajstić information content (AvgIpc) is 2.14. The van der Waals surface area contributed by atoms with Crippen LogP contribution in [0, 0.1) is 11.8 Å². The first kappa shape index (κ1) is 14.9. The lowest BCUT2D eigenvalue weighted by atomic mass is 10.0. The van der Waals surface area contributed by atoms with Gasteiger partial charge in [0.1, 0.15) is 6.04 Å². The van der Waals surface area contributed by atoms with Gasteiger partial charge in [0, 0.05) is 0 Å². The maximum absolute atomic E-state index is 11.6. The van der Waals surface area contributed by atoms with Crippen LogP contribution in [0.1, 0.15) is 34.1 Å². The number of carbonyl (C=O) groups excluding carboxylic acids is 1. The topological polar surface area (TPSA) is 92.4 Å². The fraction of sp³-hybridized carbons (Fsp3) is 0.818. The van der Waals surface area contributed by atoms with E-state index in [0.29, 0.717) is 6.42 Å². The third kappa shape index (κ3) is 5.11. The SMILES string of the molecule is CC(C)C[C@H](NC(=O)[C@@H](N)C(C)C)C(=O)O. The lowest BCUT2D eigenvalue weighted by Gasteiger charge is -2.20. The van der Waals surface area contributed by atoms with Crippen molar-refractivity contribution < 1.29 is 14.7 Å². The summed E-state index contributed by atoms with van der Waals surface area (Å²) in [4.78, 5) is 22.5. The molecule has 5 heteroatoms. The highest BCUT2D eigenvalue weighted by atomic mass is 16.4. The molecule has 0 bridgehead atoms. The Kier molecular flexibility index (Phi) is 6.03. The number of hydrogen-bond donors (Lipinski definition) is 3. The van der Waals surface area contributed by atoms with E-state index in [4.69, 9.17) is 10.8 Å². The van der Waals surface area contributed by atoms with Crippen LogP contribution in [0.15, 0.2) is 0 Å². The molecule has 5 nitrogen and oxygen atoms in total. The van der Waals surface area contributed by atoms with Crippen molar-refractivity contribution >= 4 is 11.9 Å². The van der Waals surface area contributed by atoms with Crippen LogP contribution in [-0.4, -0.2) is 29.1 Å². The second-order valence-electron chi connectivity index (χ2n) is 4.80. The number of carbonyl (C=O) groups is 2. The van der Waals surface area contributed by atoms with Gasteiger partial charge < -0.3 is 16.2 Å². The molecule has 0 aliphatic heterocycles. The molecular weight excluding hydrogens is 208 g/mol. The normalized spacial score (nSPS) is 14.9. The predicted octanol–water partition coefficient (Wildman–Crippen LogP) is 0.585. The fourth-order valence-electron chi connectivity index (χ4n) is 1.26. The molecule has 1 amide bonds. The Morgan fingerprint density at radius 1 is 1.25 bits per heavy atom. The largest absolute Gasteiger partial charge is 0.480 e. The van der Waals surface area contributed by atoms with Gasteiger partial charge in [0.2, 0.25) is 5.91 Å². The van der Waals surface area contributed by atoms with E-state index in [-0.39, 0.29) is 11.8 Å². The number of amides is 1. The molecule has 4 N–H and O–H groups in total.